The maximum Gasteiger partial charge on any atom is 0.170 e. The summed E-state index contributed by atoms with van der Waals surface area (Å²) in [5.41, 5.74) is 3.15. The Hall–Kier alpha value is -2.86. The topological polar surface area (TPSA) is 42.3 Å². The van der Waals surface area contributed by atoms with E-state index in [0.717, 1.165) is 34.5 Å². The van der Waals surface area contributed by atoms with Crippen molar-refractivity contribution in [2.45, 2.75) is 25.9 Å². The summed E-state index contributed by atoms with van der Waals surface area (Å²) in [5.74, 6) is 1.32. The summed E-state index contributed by atoms with van der Waals surface area (Å²) in [6.07, 6.45) is 3.92. The first-order valence-electron chi connectivity index (χ1n) is 9.89. The van der Waals surface area contributed by atoms with Gasteiger partial charge in [0.15, 0.2) is 5.11 Å². The zero-order valence-corrected chi connectivity index (χ0v) is 17.8. The highest BCUT2D eigenvalue weighted by Gasteiger charge is 2.41. The number of ether oxygens (including phenoxy) is 1. The molecule has 150 valence electrons. The van der Waals surface area contributed by atoms with Crippen molar-refractivity contribution >= 4 is 17.3 Å². The first-order chi connectivity index (χ1) is 14.1. The highest BCUT2D eigenvalue weighted by molar-refractivity contribution is 7.80. The summed E-state index contributed by atoms with van der Waals surface area (Å²) < 4.78 is 7.82. The number of methoxy groups -OCH3 is 1. The van der Waals surface area contributed by atoms with E-state index < -0.39 is 0 Å². The molecule has 6 heteroatoms. The van der Waals surface area contributed by atoms with E-state index >= 15 is 0 Å². The molecule has 0 unspecified atom stereocenters. The smallest absolute Gasteiger partial charge is 0.170 e. The van der Waals surface area contributed by atoms with Gasteiger partial charge in [-0.3, -0.25) is 4.98 Å². The standard InChI is InChI=1S/C23H26N4OS/c1-16(2)15-27-22(21(25-23(27)29)17-9-6-7-13-24-17)19-11-8-14-26(19)18-10-4-5-12-20(18)28-3/h4-14,16,21-22H,15H2,1-3H3,(H,25,29)/t21-,22-/m1/s1. The molecular formula is C23H26N4OS. The molecule has 4 rings (SSSR count). The SMILES string of the molecule is COc1ccccc1-n1cccc1[C@@H]1[C@@H](c2ccccn2)NC(=S)N1CC(C)C. The van der Waals surface area contributed by atoms with E-state index in [-0.39, 0.29) is 12.1 Å². The molecule has 1 aliphatic rings. The summed E-state index contributed by atoms with van der Waals surface area (Å²) in [6, 6.07) is 18.3. The largest absolute Gasteiger partial charge is 0.495 e. The Kier molecular flexibility index (Phi) is 5.53. The van der Waals surface area contributed by atoms with E-state index in [4.69, 9.17) is 17.0 Å². The van der Waals surface area contributed by atoms with Crippen LogP contribution in [0.2, 0.25) is 0 Å². The molecule has 0 saturated carbocycles. The monoisotopic (exact) mass is 406 g/mol. The fourth-order valence-corrected chi connectivity index (χ4v) is 4.32. The van der Waals surface area contributed by atoms with Gasteiger partial charge >= 0.3 is 0 Å². The number of para-hydroxylation sites is 2. The van der Waals surface area contributed by atoms with Gasteiger partial charge in [-0.1, -0.05) is 32.0 Å². The van der Waals surface area contributed by atoms with Crippen molar-refractivity contribution in [3.63, 3.8) is 0 Å². The maximum atomic E-state index is 5.75. The molecule has 2 aromatic heterocycles. The van der Waals surface area contributed by atoms with Crippen molar-refractivity contribution in [3.05, 3.63) is 78.4 Å². The van der Waals surface area contributed by atoms with E-state index in [1.807, 2.05) is 36.5 Å². The fourth-order valence-electron chi connectivity index (χ4n) is 4.00. The predicted molar refractivity (Wildman–Crippen MR) is 119 cm³/mol. The lowest BCUT2D eigenvalue weighted by Gasteiger charge is -2.30. The van der Waals surface area contributed by atoms with Gasteiger partial charge in [-0.25, -0.2) is 0 Å². The molecular weight excluding hydrogens is 380 g/mol. The normalized spacial score (nSPS) is 18.9. The van der Waals surface area contributed by atoms with Crippen molar-refractivity contribution in [1.82, 2.24) is 19.8 Å². The lowest BCUT2D eigenvalue weighted by molar-refractivity contribution is 0.280. The van der Waals surface area contributed by atoms with Crippen LogP contribution >= 0.6 is 12.2 Å². The Morgan fingerprint density at radius 1 is 1.10 bits per heavy atom. The second-order valence-electron chi connectivity index (χ2n) is 7.65. The fraction of sp³-hybridized carbons (Fsp3) is 0.304. The molecule has 0 spiro atoms. The Morgan fingerprint density at radius 3 is 2.62 bits per heavy atom. The summed E-state index contributed by atoms with van der Waals surface area (Å²) >= 11 is 5.75. The highest BCUT2D eigenvalue weighted by atomic mass is 32.1. The molecule has 1 saturated heterocycles. The van der Waals surface area contributed by atoms with Crippen molar-refractivity contribution < 1.29 is 4.74 Å². The van der Waals surface area contributed by atoms with Gasteiger partial charge in [0.2, 0.25) is 0 Å². The van der Waals surface area contributed by atoms with Gasteiger partial charge in [0, 0.05) is 24.6 Å². The third kappa shape index (κ3) is 3.72. The van der Waals surface area contributed by atoms with Gasteiger partial charge in [-0.15, -0.1) is 0 Å². The minimum absolute atomic E-state index is 0.0224. The molecule has 1 aliphatic heterocycles. The van der Waals surface area contributed by atoms with Gasteiger partial charge < -0.3 is 19.5 Å². The predicted octanol–water partition coefficient (Wildman–Crippen LogP) is 4.51. The van der Waals surface area contributed by atoms with Crippen LogP contribution in [0.3, 0.4) is 0 Å². The molecule has 5 nitrogen and oxygen atoms in total. The summed E-state index contributed by atoms with van der Waals surface area (Å²) in [6.45, 7) is 5.30. The molecule has 0 bridgehead atoms. The minimum atomic E-state index is -0.0224. The van der Waals surface area contributed by atoms with Crippen molar-refractivity contribution in [2.75, 3.05) is 13.7 Å². The van der Waals surface area contributed by atoms with Gasteiger partial charge in [0.25, 0.3) is 0 Å². The third-order valence-corrected chi connectivity index (χ3v) is 5.54. The van der Waals surface area contributed by atoms with Crippen molar-refractivity contribution in [3.8, 4) is 11.4 Å². The van der Waals surface area contributed by atoms with Crippen molar-refractivity contribution in [1.29, 1.82) is 0 Å². The van der Waals surface area contributed by atoms with Gasteiger partial charge in [0.05, 0.1) is 30.6 Å². The molecule has 29 heavy (non-hydrogen) atoms. The van der Waals surface area contributed by atoms with Gasteiger partial charge in [-0.05, 0) is 54.5 Å². The van der Waals surface area contributed by atoms with E-state index in [2.05, 4.69) is 64.1 Å². The van der Waals surface area contributed by atoms with Crippen LogP contribution in [0.25, 0.3) is 5.69 Å². The number of rotatable bonds is 6. The second kappa shape index (κ2) is 8.25. The number of thiocarbonyl (C=S) groups is 1. The van der Waals surface area contributed by atoms with Crippen LogP contribution in [0.15, 0.2) is 67.0 Å². The number of hydrogen-bond donors (Lipinski definition) is 1. The maximum absolute atomic E-state index is 5.75. The Balaban J connectivity index is 1.83. The summed E-state index contributed by atoms with van der Waals surface area (Å²) in [4.78, 5) is 6.91. The first-order valence-corrected chi connectivity index (χ1v) is 10.3. The molecule has 2 atom stereocenters. The number of pyridine rings is 1. The van der Waals surface area contributed by atoms with E-state index in [0.29, 0.717) is 5.92 Å². The summed E-state index contributed by atoms with van der Waals surface area (Å²) in [5, 5.41) is 4.29. The third-order valence-electron chi connectivity index (χ3n) is 5.19. The average Bonchev–Trinajstić information content (AvgIpc) is 3.33. The Labute approximate surface area is 177 Å². The van der Waals surface area contributed by atoms with Crippen molar-refractivity contribution in [2.24, 2.45) is 5.92 Å². The molecule has 1 aromatic carbocycles. The number of benzene rings is 1. The van der Waals surface area contributed by atoms with Crippen LogP contribution in [0, 0.1) is 5.92 Å². The van der Waals surface area contributed by atoms with Crippen LogP contribution in [0.1, 0.15) is 37.3 Å². The Bertz CT molecular complexity index is 985. The summed E-state index contributed by atoms with van der Waals surface area (Å²) in [7, 11) is 1.70. The first kappa shape index (κ1) is 19.5. The molecule has 1 N–H and O–H groups in total. The zero-order valence-electron chi connectivity index (χ0n) is 16.9. The molecule has 3 aromatic rings. The zero-order chi connectivity index (χ0) is 20.4. The van der Waals surface area contributed by atoms with Gasteiger partial charge in [-0.2, -0.15) is 0 Å². The van der Waals surface area contributed by atoms with E-state index in [1.165, 1.54) is 0 Å². The number of nitrogens with one attached hydrogen (secondary N) is 1. The number of aromatic nitrogens is 2. The highest BCUT2D eigenvalue weighted by Crippen LogP contribution is 2.40. The molecule has 0 aliphatic carbocycles. The van der Waals surface area contributed by atoms with E-state index in [1.54, 1.807) is 7.11 Å². The Morgan fingerprint density at radius 2 is 1.90 bits per heavy atom. The van der Waals surface area contributed by atoms with Crippen LogP contribution in [0.4, 0.5) is 0 Å². The number of hydrogen-bond acceptors (Lipinski definition) is 3. The van der Waals surface area contributed by atoms with Crippen LogP contribution in [-0.2, 0) is 0 Å². The minimum Gasteiger partial charge on any atom is -0.495 e. The molecule has 3 heterocycles. The average molecular weight is 407 g/mol. The second-order valence-corrected chi connectivity index (χ2v) is 8.03. The van der Waals surface area contributed by atoms with Crippen LogP contribution in [0.5, 0.6) is 5.75 Å². The lowest BCUT2D eigenvalue weighted by Crippen LogP contribution is -2.33. The van der Waals surface area contributed by atoms with Gasteiger partial charge in [0.1, 0.15) is 5.75 Å². The van der Waals surface area contributed by atoms with Crippen LogP contribution < -0.4 is 10.1 Å². The quantitative estimate of drug-likeness (QED) is 0.610. The molecule has 0 radical (unpaired) electrons. The van der Waals surface area contributed by atoms with Crippen LogP contribution in [-0.4, -0.2) is 33.2 Å². The lowest BCUT2D eigenvalue weighted by atomic mass is 10.0. The molecule has 1 fully saturated rings. The number of nitrogens with zero attached hydrogens (tertiary/aromatic N) is 3. The van der Waals surface area contributed by atoms with E-state index in [9.17, 15) is 0 Å². The molecule has 0 amide bonds.